The molecule has 4 nitrogen and oxygen atoms in total. The Labute approximate surface area is 101 Å². The third kappa shape index (κ3) is 5.15. The lowest BCUT2D eigenvalue weighted by Gasteiger charge is -2.06. The Balaban J connectivity index is 2.23. The predicted molar refractivity (Wildman–Crippen MR) is 63.2 cm³/mol. The normalized spacial score (nSPS) is 9.71. The van der Waals surface area contributed by atoms with Crippen LogP contribution in [0.15, 0.2) is 24.3 Å². The van der Waals surface area contributed by atoms with Crippen molar-refractivity contribution in [3.8, 4) is 5.75 Å². The number of hydrogen-bond acceptors (Lipinski definition) is 4. The van der Waals surface area contributed by atoms with E-state index in [1.54, 1.807) is 24.3 Å². The average Bonchev–Trinajstić information content (AvgIpc) is 2.34. The summed E-state index contributed by atoms with van der Waals surface area (Å²) >= 11 is 0. The van der Waals surface area contributed by atoms with Crippen molar-refractivity contribution >= 4 is 12.3 Å². The molecule has 1 aromatic rings. The highest BCUT2D eigenvalue weighted by molar-refractivity contribution is 5.94. The zero-order chi connectivity index (χ0) is 12.5. The first kappa shape index (κ1) is 13.2. The van der Waals surface area contributed by atoms with Crippen LogP contribution in [0, 0.1) is 0 Å². The molecule has 0 heterocycles. The van der Waals surface area contributed by atoms with E-state index in [2.05, 4.69) is 4.74 Å². The van der Waals surface area contributed by atoms with Gasteiger partial charge in [0.05, 0.1) is 13.2 Å². The minimum absolute atomic E-state index is 0.0440. The van der Waals surface area contributed by atoms with Crippen LogP contribution in [-0.4, -0.2) is 25.5 Å². The van der Waals surface area contributed by atoms with Crippen molar-refractivity contribution in [2.45, 2.75) is 19.8 Å². The van der Waals surface area contributed by atoms with Gasteiger partial charge in [-0.1, -0.05) is 0 Å². The Bertz CT molecular complexity index is 356. The van der Waals surface area contributed by atoms with Crippen molar-refractivity contribution in [1.82, 2.24) is 0 Å². The number of unbranched alkanes of at least 4 members (excludes halogenated alkanes) is 1. The number of Topliss-reactive ketones (excluding diaryl/α,β-unsaturated/α-hetero) is 1. The smallest absolute Gasteiger partial charge is 0.293 e. The largest absolute Gasteiger partial charge is 0.494 e. The summed E-state index contributed by atoms with van der Waals surface area (Å²) in [7, 11) is 0. The maximum absolute atomic E-state index is 11.0. The van der Waals surface area contributed by atoms with Crippen molar-refractivity contribution in [2.75, 3.05) is 13.2 Å². The minimum atomic E-state index is 0.0440. The van der Waals surface area contributed by atoms with Gasteiger partial charge in [-0.2, -0.15) is 0 Å². The second kappa shape index (κ2) is 7.44. The summed E-state index contributed by atoms with van der Waals surface area (Å²) < 4.78 is 10.0. The van der Waals surface area contributed by atoms with E-state index < -0.39 is 0 Å². The molecule has 4 heteroatoms. The Kier molecular flexibility index (Phi) is 5.79. The maximum atomic E-state index is 11.0. The molecule has 1 aromatic carbocycles. The van der Waals surface area contributed by atoms with Crippen LogP contribution in [-0.2, 0) is 9.53 Å². The Hall–Kier alpha value is -1.84. The zero-order valence-electron chi connectivity index (χ0n) is 9.85. The van der Waals surface area contributed by atoms with Gasteiger partial charge in [0.15, 0.2) is 5.78 Å². The number of ether oxygens (including phenoxy) is 2. The van der Waals surface area contributed by atoms with Crippen LogP contribution in [0.4, 0.5) is 0 Å². The number of rotatable bonds is 8. The SMILES string of the molecule is CC(=O)c1ccc(OCCCCOC=O)cc1. The second-order valence-corrected chi connectivity index (χ2v) is 3.60. The molecule has 0 atom stereocenters. The predicted octanol–water partition coefficient (Wildman–Crippen LogP) is 2.22. The lowest BCUT2D eigenvalue weighted by atomic mass is 10.1. The molecule has 0 fully saturated rings. The van der Waals surface area contributed by atoms with Gasteiger partial charge in [-0.15, -0.1) is 0 Å². The summed E-state index contributed by atoms with van der Waals surface area (Å²) in [5.74, 6) is 0.786. The first-order valence-corrected chi connectivity index (χ1v) is 5.53. The molecule has 1 rings (SSSR count). The molecule has 0 aliphatic rings. The van der Waals surface area contributed by atoms with Crippen molar-refractivity contribution in [3.63, 3.8) is 0 Å². The number of carbonyl (C=O) groups excluding carboxylic acids is 2. The molecule has 0 aliphatic carbocycles. The number of carbonyl (C=O) groups is 2. The highest BCUT2D eigenvalue weighted by atomic mass is 16.5. The number of hydrogen-bond donors (Lipinski definition) is 0. The summed E-state index contributed by atoms with van der Waals surface area (Å²) in [4.78, 5) is 20.9. The van der Waals surface area contributed by atoms with E-state index in [1.165, 1.54) is 6.92 Å². The van der Waals surface area contributed by atoms with E-state index in [0.717, 1.165) is 18.6 Å². The molecule has 0 unspecified atom stereocenters. The van der Waals surface area contributed by atoms with Gasteiger partial charge in [0, 0.05) is 5.56 Å². The maximum Gasteiger partial charge on any atom is 0.293 e. The van der Waals surface area contributed by atoms with Gasteiger partial charge in [-0.3, -0.25) is 9.59 Å². The van der Waals surface area contributed by atoms with Crippen molar-refractivity contribution in [3.05, 3.63) is 29.8 Å². The fourth-order valence-electron chi connectivity index (χ4n) is 1.31. The molecule has 0 amide bonds. The molecular weight excluding hydrogens is 220 g/mol. The Morgan fingerprint density at radius 2 is 1.82 bits per heavy atom. The fraction of sp³-hybridized carbons (Fsp3) is 0.385. The van der Waals surface area contributed by atoms with Crippen LogP contribution in [0.2, 0.25) is 0 Å². The van der Waals surface area contributed by atoms with Gasteiger partial charge in [-0.05, 0) is 44.0 Å². The summed E-state index contributed by atoms with van der Waals surface area (Å²) in [6.45, 7) is 2.97. The standard InChI is InChI=1S/C13H16O4/c1-11(15)12-4-6-13(7-5-12)17-9-3-2-8-16-10-14/h4-7,10H,2-3,8-9H2,1H3. The van der Waals surface area contributed by atoms with Gasteiger partial charge in [0.1, 0.15) is 5.75 Å². The first-order valence-electron chi connectivity index (χ1n) is 5.53. The van der Waals surface area contributed by atoms with Crippen LogP contribution < -0.4 is 4.74 Å². The van der Waals surface area contributed by atoms with Gasteiger partial charge in [0.2, 0.25) is 0 Å². The number of ketones is 1. The molecule has 0 bridgehead atoms. The highest BCUT2D eigenvalue weighted by Crippen LogP contribution is 2.12. The summed E-state index contributed by atoms with van der Waals surface area (Å²) in [5, 5.41) is 0. The van der Waals surface area contributed by atoms with Crippen LogP contribution in [0.25, 0.3) is 0 Å². The second-order valence-electron chi connectivity index (χ2n) is 3.60. The van der Waals surface area contributed by atoms with Gasteiger partial charge in [-0.25, -0.2) is 0 Å². The highest BCUT2D eigenvalue weighted by Gasteiger charge is 1.99. The van der Waals surface area contributed by atoms with Crippen molar-refractivity contribution in [1.29, 1.82) is 0 Å². The van der Waals surface area contributed by atoms with Gasteiger partial charge in [0.25, 0.3) is 6.47 Å². The van der Waals surface area contributed by atoms with Crippen LogP contribution in [0.1, 0.15) is 30.1 Å². The summed E-state index contributed by atoms with van der Waals surface area (Å²) in [6.07, 6.45) is 1.60. The summed E-state index contributed by atoms with van der Waals surface area (Å²) in [5.41, 5.74) is 0.678. The molecule has 17 heavy (non-hydrogen) atoms. The molecular formula is C13H16O4. The monoisotopic (exact) mass is 236 g/mol. The van der Waals surface area contributed by atoms with E-state index in [9.17, 15) is 9.59 Å². The minimum Gasteiger partial charge on any atom is -0.494 e. The van der Waals surface area contributed by atoms with E-state index in [-0.39, 0.29) is 5.78 Å². The van der Waals surface area contributed by atoms with Crippen LogP contribution in [0.3, 0.4) is 0 Å². The van der Waals surface area contributed by atoms with E-state index in [4.69, 9.17) is 4.74 Å². The molecule has 0 saturated heterocycles. The van der Waals surface area contributed by atoms with Crippen LogP contribution in [0.5, 0.6) is 5.75 Å². The van der Waals surface area contributed by atoms with Crippen molar-refractivity contribution in [2.24, 2.45) is 0 Å². The fourth-order valence-corrected chi connectivity index (χ4v) is 1.31. The zero-order valence-corrected chi connectivity index (χ0v) is 9.85. The van der Waals surface area contributed by atoms with Crippen molar-refractivity contribution < 1.29 is 19.1 Å². The molecule has 0 radical (unpaired) electrons. The Morgan fingerprint density at radius 3 is 2.41 bits per heavy atom. The van der Waals surface area contributed by atoms with E-state index in [0.29, 0.717) is 25.2 Å². The first-order chi connectivity index (χ1) is 8.24. The lowest BCUT2D eigenvalue weighted by Crippen LogP contribution is -2.00. The quantitative estimate of drug-likeness (QED) is 0.394. The average molecular weight is 236 g/mol. The molecule has 0 spiro atoms. The Morgan fingerprint density at radius 1 is 1.18 bits per heavy atom. The molecule has 0 saturated carbocycles. The van der Waals surface area contributed by atoms with Crippen LogP contribution >= 0.6 is 0 Å². The topological polar surface area (TPSA) is 52.6 Å². The lowest BCUT2D eigenvalue weighted by molar-refractivity contribution is -0.128. The molecule has 92 valence electrons. The summed E-state index contributed by atoms with van der Waals surface area (Å²) in [6, 6.07) is 7.04. The van der Waals surface area contributed by atoms with E-state index in [1.807, 2.05) is 0 Å². The van der Waals surface area contributed by atoms with E-state index >= 15 is 0 Å². The molecule has 0 N–H and O–H groups in total. The third-order valence-electron chi connectivity index (χ3n) is 2.25. The molecule has 0 aliphatic heterocycles. The van der Waals surface area contributed by atoms with Gasteiger partial charge < -0.3 is 9.47 Å². The molecule has 0 aromatic heterocycles. The number of benzene rings is 1. The van der Waals surface area contributed by atoms with Gasteiger partial charge >= 0.3 is 0 Å². The third-order valence-corrected chi connectivity index (χ3v) is 2.25.